The Morgan fingerprint density at radius 1 is 1.19 bits per heavy atom. The molecule has 1 aliphatic heterocycles. The number of hydrogen-bond acceptors (Lipinski definition) is 4. The molecule has 2 aromatic rings. The molecule has 0 saturated carbocycles. The Labute approximate surface area is 182 Å². The highest BCUT2D eigenvalue weighted by Crippen LogP contribution is 2.27. The molecular formula is C24H27N3O4. The van der Waals surface area contributed by atoms with Crippen LogP contribution in [-0.2, 0) is 14.4 Å². The van der Waals surface area contributed by atoms with Crippen LogP contribution in [0.5, 0.6) is 5.75 Å². The van der Waals surface area contributed by atoms with Crippen LogP contribution in [-0.4, -0.2) is 37.4 Å². The molecule has 3 amide bonds. The Balaban J connectivity index is 1.54. The molecule has 3 rings (SSSR count). The van der Waals surface area contributed by atoms with Gasteiger partial charge in [0, 0.05) is 30.9 Å². The summed E-state index contributed by atoms with van der Waals surface area (Å²) in [6.45, 7) is 8.11. The van der Waals surface area contributed by atoms with Gasteiger partial charge in [-0.3, -0.25) is 14.4 Å². The molecule has 0 spiro atoms. The van der Waals surface area contributed by atoms with Gasteiger partial charge in [-0.05, 0) is 55.3 Å². The molecule has 2 N–H and O–H groups in total. The van der Waals surface area contributed by atoms with Crippen LogP contribution in [0.15, 0.2) is 55.1 Å². The van der Waals surface area contributed by atoms with E-state index in [1.807, 2.05) is 32.0 Å². The number of carbonyl (C=O) groups excluding carboxylic acids is 3. The lowest BCUT2D eigenvalue weighted by atomic mass is 10.1. The molecule has 0 radical (unpaired) electrons. The average molecular weight is 421 g/mol. The molecular weight excluding hydrogens is 394 g/mol. The minimum Gasteiger partial charge on any atom is -0.484 e. The Bertz CT molecular complexity index is 985. The fourth-order valence-corrected chi connectivity index (χ4v) is 3.39. The summed E-state index contributed by atoms with van der Waals surface area (Å²) in [5.41, 5.74) is 3.58. The van der Waals surface area contributed by atoms with E-state index in [0.29, 0.717) is 24.5 Å². The number of hydrogen-bond donors (Lipinski definition) is 2. The maximum Gasteiger partial charge on any atom is 0.262 e. The monoisotopic (exact) mass is 421 g/mol. The smallest absolute Gasteiger partial charge is 0.262 e. The first-order valence-electron chi connectivity index (χ1n) is 10.2. The molecule has 1 heterocycles. The van der Waals surface area contributed by atoms with Gasteiger partial charge in [-0.1, -0.05) is 18.2 Å². The number of nitrogens with zero attached hydrogens (tertiary/aromatic N) is 1. The van der Waals surface area contributed by atoms with Crippen LogP contribution >= 0.6 is 0 Å². The van der Waals surface area contributed by atoms with Crippen LogP contribution in [0.25, 0.3) is 0 Å². The fourth-order valence-electron chi connectivity index (χ4n) is 3.39. The van der Waals surface area contributed by atoms with Crippen molar-refractivity contribution in [3.05, 3.63) is 66.2 Å². The molecule has 0 unspecified atom stereocenters. The van der Waals surface area contributed by atoms with E-state index in [1.54, 1.807) is 35.2 Å². The van der Waals surface area contributed by atoms with Gasteiger partial charge in [-0.15, -0.1) is 6.58 Å². The Morgan fingerprint density at radius 2 is 1.94 bits per heavy atom. The molecule has 31 heavy (non-hydrogen) atoms. The summed E-state index contributed by atoms with van der Waals surface area (Å²) < 4.78 is 5.57. The SMILES string of the molecule is C=CCNC(=O)[C@@H]1CC(=O)N(c2ccc(OCC(=O)Nc3cccc(C)c3C)cc2)C1. The zero-order valence-corrected chi connectivity index (χ0v) is 17.8. The Kier molecular flexibility index (Phi) is 7.07. The molecule has 7 nitrogen and oxygen atoms in total. The van der Waals surface area contributed by atoms with Crippen molar-refractivity contribution in [1.29, 1.82) is 0 Å². The maximum atomic E-state index is 12.3. The number of benzene rings is 2. The van der Waals surface area contributed by atoms with Crippen LogP contribution < -0.4 is 20.3 Å². The van der Waals surface area contributed by atoms with E-state index in [0.717, 1.165) is 16.8 Å². The van der Waals surface area contributed by atoms with Crippen molar-refractivity contribution in [3.63, 3.8) is 0 Å². The Morgan fingerprint density at radius 3 is 2.65 bits per heavy atom. The highest BCUT2D eigenvalue weighted by Gasteiger charge is 2.34. The minimum absolute atomic E-state index is 0.0969. The van der Waals surface area contributed by atoms with Crippen molar-refractivity contribution in [1.82, 2.24) is 5.32 Å². The topological polar surface area (TPSA) is 87.7 Å². The lowest BCUT2D eigenvalue weighted by Gasteiger charge is -2.17. The molecule has 1 fully saturated rings. The zero-order chi connectivity index (χ0) is 22.4. The molecule has 0 aromatic heterocycles. The number of aryl methyl sites for hydroxylation is 1. The summed E-state index contributed by atoms with van der Waals surface area (Å²) in [4.78, 5) is 38.2. The number of ether oxygens (including phenoxy) is 1. The largest absolute Gasteiger partial charge is 0.484 e. The summed E-state index contributed by atoms with van der Waals surface area (Å²) in [7, 11) is 0. The van der Waals surface area contributed by atoms with E-state index >= 15 is 0 Å². The number of amides is 3. The Hall–Kier alpha value is -3.61. The van der Waals surface area contributed by atoms with E-state index in [1.165, 1.54) is 0 Å². The van der Waals surface area contributed by atoms with Crippen molar-refractivity contribution in [2.24, 2.45) is 5.92 Å². The molecule has 1 atom stereocenters. The number of anilines is 2. The van der Waals surface area contributed by atoms with E-state index in [9.17, 15) is 14.4 Å². The van der Waals surface area contributed by atoms with E-state index in [4.69, 9.17) is 4.74 Å². The molecule has 0 aliphatic carbocycles. The number of nitrogens with one attached hydrogen (secondary N) is 2. The minimum atomic E-state index is -0.378. The lowest BCUT2D eigenvalue weighted by molar-refractivity contribution is -0.126. The third kappa shape index (κ3) is 5.51. The second kappa shape index (κ2) is 9.93. The number of rotatable bonds is 8. The predicted molar refractivity (Wildman–Crippen MR) is 120 cm³/mol. The van der Waals surface area contributed by atoms with Crippen molar-refractivity contribution >= 4 is 29.1 Å². The predicted octanol–water partition coefficient (Wildman–Crippen LogP) is 2.98. The summed E-state index contributed by atoms with van der Waals surface area (Å²) in [6.07, 6.45) is 1.78. The zero-order valence-electron chi connectivity index (χ0n) is 17.8. The molecule has 2 aromatic carbocycles. The van der Waals surface area contributed by atoms with Gasteiger partial charge >= 0.3 is 0 Å². The summed E-state index contributed by atoms with van der Waals surface area (Å²) in [6, 6.07) is 12.7. The van der Waals surface area contributed by atoms with Crippen LogP contribution in [0.4, 0.5) is 11.4 Å². The van der Waals surface area contributed by atoms with Crippen LogP contribution in [0.3, 0.4) is 0 Å². The second-order valence-corrected chi connectivity index (χ2v) is 7.52. The second-order valence-electron chi connectivity index (χ2n) is 7.52. The van der Waals surface area contributed by atoms with Crippen LogP contribution in [0.1, 0.15) is 17.5 Å². The van der Waals surface area contributed by atoms with Gasteiger partial charge in [0.1, 0.15) is 5.75 Å². The molecule has 1 aliphatic rings. The van der Waals surface area contributed by atoms with E-state index < -0.39 is 0 Å². The third-order valence-corrected chi connectivity index (χ3v) is 5.31. The summed E-state index contributed by atoms with van der Waals surface area (Å²) in [5, 5.41) is 5.59. The van der Waals surface area contributed by atoms with Crippen molar-refractivity contribution < 1.29 is 19.1 Å². The number of carbonyl (C=O) groups is 3. The van der Waals surface area contributed by atoms with Crippen molar-refractivity contribution in [3.8, 4) is 5.75 Å². The van der Waals surface area contributed by atoms with Gasteiger partial charge in [-0.25, -0.2) is 0 Å². The fraction of sp³-hybridized carbons (Fsp3) is 0.292. The summed E-state index contributed by atoms with van der Waals surface area (Å²) >= 11 is 0. The van der Waals surface area contributed by atoms with Crippen molar-refractivity contribution in [2.45, 2.75) is 20.3 Å². The standard InChI is InChI=1S/C24H27N3O4/c1-4-12-25-24(30)18-13-23(29)27(14-18)19-8-10-20(11-9-19)31-15-22(28)26-21-7-5-6-16(2)17(21)3/h4-11,18H,1,12-15H2,2-3H3,(H,25,30)(H,26,28)/t18-/m1/s1. The van der Waals surface area contributed by atoms with Gasteiger partial charge in [0.25, 0.3) is 5.91 Å². The van der Waals surface area contributed by atoms with Gasteiger partial charge in [0.2, 0.25) is 11.8 Å². The van der Waals surface area contributed by atoms with E-state index in [2.05, 4.69) is 17.2 Å². The molecule has 1 saturated heterocycles. The average Bonchev–Trinajstić information content (AvgIpc) is 3.16. The first-order chi connectivity index (χ1) is 14.9. The first kappa shape index (κ1) is 22.1. The first-order valence-corrected chi connectivity index (χ1v) is 10.2. The lowest BCUT2D eigenvalue weighted by Crippen LogP contribution is -2.32. The summed E-state index contributed by atoms with van der Waals surface area (Å²) in [5.74, 6) is -0.351. The van der Waals surface area contributed by atoms with Crippen molar-refractivity contribution in [2.75, 3.05) is 29.9 Å². The third-order valence-electron chi connectivity index (χ3n) is 5.31. The van der Waals surface area contributed by atoms with Gasteiger partial charge < -0.3 is 20.3 Å². The normalized spacial score (nSPS) is 15.5. The molecule has 0 bridgehead atoms. The van der Waals surface area contributed by atoms with Gasteiger partial charge in [-0.2, -0.15) is 0 Å². The quantitative estimate of drug-likeness (QED) is 0.642. The van der Waals surface area contributed by atoms with Crippen LogP contribution in [0.2, 0.25) is 0 Å². The molecule has 162 valence electrons. The maximum absolute atomic E-state index is 12.3. The van der Waals surface area contributed by atoms with Gasteiger partial charge in [0.15, 0.2) is 6.61 Å². The molecule has 7 heteroatoms. The van der Waals surface area contributed by atoms with Crippen LogP contribution in [0, 0.1) is 19.8 Å². The highest BCUT2D eigenvalue weighted by atomic mass is 16.5. The van der Waals surface area contributed by atoms with Gasteiger partial charge in [0.05, 0.1) is 5.92 Å². The van der Waals surface area contributed by atoms with E-state index in [-0.39, 0.29) is 36.7 Å². The highest BCUT2D eigenvalue weighted by molar-refractivity contribution is 6.00.